The number of carbonyl (C=O) groups excluding carboxylic acids is 1. The lowest BCUT2D eigenvalue weighted by molar-refractivity contribution is 0.0941. The van der Waals surface area contributed by atoms with Crippen molar-refractivity contribution < 1.29 is 9.18 Å². The molecular formula is C23H25Cl2FN4O. The summed E-state index contributed by atoms with van der Waals surface area (Å²) < 4.78 is 16.0. The fourth-order valence-electron chi connectivity index (χ4n) is 3.43. The number of amides is 1. The van der Waals surface area contributed by atoms with Gasteiger partial charge in [-0.15, -0.1) is 0 Å². The maximum atomic E-state index is 14.4. The highest BCUT2D eigenvalue weighted by Crippen LogP contribution is 2.29. The normalized spacial score (nSPS) is 12.3. The molecule has 0 aliphatic rings. The van der Waals surface area contributed by atoms with Gasteiger partial charge in [0.05, 0.1) is 23.8 Å². The zero-order valence-corrected chi connectivity index (χ0v) is 19.4. The SMILES string of the molecule is Cc1ccc(Cn2nc(C)c(C(=O)NC[C@@H](c3c(F)cccc3Cl)N(C)C)c2Cl)cc1. The molecule has 8 heteroatoms. The van der Waals surface area contributed by atoms with E-state index in [2.05, 4.69) is 10.4 Å². The molecule has 0 aliphatic carbocycles. The summed E-state index contributed by atoms with van der Waals surface area (Å²) in [4.78, 5) is 14.7. The smallest absolute Gasteiger partial charge is 0.256 e. The van der Waals surface area contributed by atoms with Gasteiger partial charge in [0, 0.05) is 17.1 Å². The molecule has 0 saturated carbocycles. The molecule has 0 saturated heterocycles. The number of aromatic nitrogens is 2. The fraction of sp³-hybridized carbons (Fsp3) is 0.304. The third kappa shape index (κ3) is 5.26. The molecule has 0 unspecified atom stereocenters. The zero-order valence-electron chi connectivity index (χ0n) is 17.9. The third-order valence-electron chi connectivity index (χ3n) is 5.16. The average molecular weight is 463 g/mol. The number of aryl methyl sites for hydroxylation is 2. The van der Waals surface area contributed by atoms with Crippen LogP contribution in [0.15, 0.2) is 42.5 Å². The van der Waals surface area contributed by atoms with Crippen molar-refractivity contribution in [1.29, 1.82) is 0 Å². The second-order valence-corrected chi connectivity index (χ2v) is 8.48. The first-order valence-electron chi connectivity index (χ1n) is 9.86. The summed E-state index contributed by atoms with van der Waals surface area (Å²) in [5.41, 5.74) is 3.37. The van der Waals surface area contributed by atoms with Crippen molar-refractivity contribution in [3.8, 4) is 0 Å². The van der Waals surface area contributed by atoms with Gasteiger partial charge in [0.1, 0.15) is 11.0 Å². The minimum absolute atomic E-state index is 0.158. The third-order valence-corrected chi connectivity index (χ3v) is 5.87. The molecule has 31 heavy (non-hydrogen) atoms. The van der Waals surface area contributed by atoms with Crippen LogP contribution in [-0.4, -0.2) is 41.2 Å². The minimum Gasteiger partial charge on any atom is -0.350 e. The molecule has 0 bridgehead atoms. The Balaban J connectivity index is 1.78. The first-order chi connectivity index (χ1) is 14.7. The van der Waals surface area contributed by atoms with Gasteiger partial charge in [-0.3, -0.25) is 4.79 Å². The minimum atomic E-state index is -0.445. The lowest BCUT2D eigenvalue weighted by Crippen LogP contribution is -2.35. The highest BCUT2D eigenvalue weighted by molar-refractivity contribution is 6.33. The molecular weight excluding hydrogens is 438 g/mol. The van der Waals surface area contributed by atoms with Gasteiger partial charge in [-0.25, -0.2) is 9.07 Å². The number of hydrogen-bond donors (Lipinski definition) is 1. The van der Waals surface area contributed by atoms with Crippen LogP contribution in [0.3, 0.4) is 0 Å². The highest BCUT2D eigenvalue weighted by atomic mass is 35.5. The lowest BCUT2D eigenvalue weighted by atomic mass is 10.0. The number of halogens is 3. The molecule has 0 radical (unpaired) electrons. The Bertz CT molecular complexity index is 1060. The number of nitrogens with one attached hydrogen (secondary N) is 1. The number of nitrogens with zero attached hydrogens (tertiary/aromatic N) is 3. The Morgan fingerprint density at radius 1 is 1.16 bits per heavy atom. The van der Waals surface area contributed by atoms with Crippen molar-refractivity contribution in [2.45, 2.75) is 26.4 Å². The molecule has 5 nitrogen and oxygen atoms in total. The molecule has 1 atom stereocenters. The van der Waals surface area contributed by atoms with Gasteiger partial charge in [-0.1, -0.05) is 59.1 Å². The van der Waals surface area contributed by atoms with E-state index in [1.54, 1.807) is 42.7 Å². The standard InChI is InChI=1S/C23H25Cl2FN4O/c1-14-8-10-16(11-9-14)13-30-22(25)20(15(2)28-30)23(31)27-12-19(29(3)4)21-17(24)6-5-7-18(21)26/h5-11,19H,12-13H2,1-4H3,(H,27,31)/t19-/m0/s1. The Kier molecular flexibility index (Phi) is 7.36. The maximum absolute atomic E-state index is 14.4. The van der Waals surface area contributed by atoms with Crippen molar-refractivity contribution in [2.75, 3.05) is 20.6 Å². The van der Waals surface area contributed by atoms with Gasteiger partial charge < -0.3 is 10.2 Å². The van der Waals surface area contributed by atoms with E-state index in [4.69, 9.17) is 23.2 Å². The molecule has 164 valence electrons. The quantitative estimate of drug-likeness (QED) is 0.535. The monoisotopic (exact) mass is 462 g/mol. The van der Waals surface area contributed by atoms with Crippen LogP contribution in [0.1, 0.15) is 38.8 Å². The molecule has 2 aromatic carbocycles. The van der Waals surface area contributed by atoms with E-state index in [1.165, 1.54) is 6.07 Å². The van der Waals surface area contributed by atoms with Gasteiger partial charge >= 0.3 is 0 Å². The van der Waals surface area contributed by atoms with Crippen molar-refractivity contribution in [3.05, 3.63) is 86.4 Å². The van der Waals surface area contributed by atoms with Crippen LogP contribution in [0.5, 0.6) is 0 Å². The van der Waals surface area contributed by atoms with Crippen LogP contribution in [0.2, 0.25) is 10.2 Å². The van der Waals surface area contributed by atoms with Gasteiger partial charge in [-0.05, 0) is 45.6 Å². The molecule has 0 spiro atoms. The Hall–Kier alpha value is -2.41. The molecule has 1 amide bonds. The average Bonchev–Trinajstić information content (AvgIpc) is 2.98. The highest BCUT2D eigenvalue weighted by Gasteiger charge is 2.25. The largest absolute Gasteiger partial charge is 0.350 e. The summed E-state index contributed by atoms with van der Waals surface area (Å²) in [7, 11) is 3.61. The number of benzene rings is 2. The summed E-state index contributed by atoms with van der Waals surface area (Å²) in [6.45, 7) is 4.38. The zero-order chi connectivity index (χ0) is 22.7. The van der Waals surface area contributed by atoms with Crippen LogP contribution in [0, 0.1) is 19.7 Å². The predicted octanol–water partition coefficient (Wildman–Crippen LogP) is 5.03. The van der Waals surface area contributed by atoms with Crippen LogP contribution in [-0.2, 0) is 6.54 Å². The molecule has 3 aromatic rings. The maximum Gasteiger partial charge on any atom is 0.256 e. The first-order valence-corrected chi connectivity index (χ1v) is 10.6. The molecule has 1 aromatic heterocycles. The fourth-order valence-corrected chi connectivity index (χ4v) is 4.04. The van der Waals surface area contributed by atoms with Gasteiger partial charge in [0.2, 0.25) is 0 Å². The van der Waals surface area contributed by atoms with E-state index in [0.717, 1.165) is 11.1 Å². The molecule has 1 heterocycles. The van der Waals surface area contributed by atoms with Crippen molar-refractivity contribution >= 4 is 29.1 Å². The Morgan fingerprint density at radius 2 is 1.84 bits per heavy atom. The van der Waals surface area contributed by atoms with E-state index in [-0.39, 0.29) is 17.6 Å². The molecule has 0 fully saturated rings. The number of likely N-dealkylation sites (N-methyl/N-ethyl adjacent to an activating group) is 1. The second kappa shape index (κ2) is 9.81. The van der Waals surface area contributed by atoms with Crippen LogP contribution in [0.4, 0.5) is 4.39 Å². The van der Waals surface area contributed by atoms with E-state index in [1.807, 2.05) is 31.2 Å². The summed E-state index contributed by atoms with van der Waals surface area (Å²) >= 11 is 12.7. The Labute approximate surface area is 191 Å². The Morgan fingerprint density at radius 3 is 2.45 bits per heavy atom. The number of hydrogen-bond acceptors (Lipinski definition) is 3. The topological polar surface area (TPSA) is 50.2 Å². The molecule has 3 rings (SSSR count). The van der Waals surface area contributed by atoms with Gasteiger partial charge in [0.25, 0.3) is 5.91 Å². The van der Waals surface area contributed by atoms with Crippen LogP contribution < -0.4 is 5.32 Å². The van der Waals surface area contributed by atoms with Gasteiger partial charge in [0.15, 0.2) is 0 Å². The van der Waals surface area contributed by atoms with Gasteiger partial charge in [-0.2, -0.15) is 5.10 Å². The summed E-state index contributed by atoms with van der Waals surface area (Å²) in [5.74, 6) is -0.780. The summed E-state index contributed by atoms with van der Waals surface area (Å²) in [6.07, 6.45) is 0. The van der Waals surface area contributed by atoms with E-state index >= 15 is 0 Å². The van der Waals surface area contributed by atoms with E-state index < -0.39 is 11.9 Å². The van der Waals surface area contributed by atoms with Crippen LogP contribution >= 0.6 is 23.2 Å². The van der Waals surface area contributed by atoms with E-state index in [0.29, 0.717) is 28.4 Å². The van der Waals surface area contributed by atoms with Crippen molar-refractivity contribution in [2.24, 2.45) is 0 Å². The van der Waals surface area contributed by atoms with Crippen molar-refractivity contribution in [3.63, 3.8) is 0 Å². The lowest BCUT2D eigenvalue weighted by Gasteiger charge is -2.26. The summed E-state index contributed by atoms with van der Waals surface area (Å²) in [6, 6.07) is 12.1. The van der Waals surface area contributed by atoms with Crippen LogP contribution in [0.25, 0.3) is 0 Å². The second-order valence-electron chi connectivity index (χ2n) is 7.72. The predicted molar refractivity (Wildman–Crippen MR) is 122 cm³/mol. The first kappa shape index (κ1) is 23.3. The van der Waals surface area contributed by atoms with E-state index in [9.17, 15) is 9.18 Å². The number of rotatable bonds is 7. The molecule has 1 N–H and O–H groups in total. The number of carbonyl (C=O) groups is 1. The molecule has 0 aliphatic heterocycles. The van der Waals surface area contributed by atoms with Crippen molar-refractivity contribution in [1.82, 2.24) is 20.0 Å². The summed E-state index contributed by atoms with van der Waals surface area (Å²) in [5, 5.41) is 7.86.